The summed E-state index contributed by atoms with van der Waals surface area (Å²) in [6.45, 7) is 4.03. The van der Waals surface area contributed by atoms with Crippen molar-refractivity contribution in [2.75, 3.05) is 18.0 Å². The number of hydrogen-bond donors (Lipinski definition) is 0. The molecule has 1 fully saturated rings. The van der Waals surface area contributed by atoms with Crippen LogP contribution in [-0.4, -0.2) is 35.8 Å². The van der Waals surface area contributed by atoms with Crippen molar-refractivity contribution in [3.05, 3.63) is 65.2 Å². The molecule has 1 atom stereocenters. The Balaban J connectivity index is 1.79. The van der Waals surface area contributed by atoms with E-state index in [9.17, 15) is 18.4 Å². The maximum absolute atomic E-state index is 13.4. The van der Waals surface area contributed by atoms with Crippen molar-refractivity contribution in [2.45, 2.75) is 19.9 Å². The van der Waals surface area contributed by atoms with Gasteiger partial charge in [-0.3, -0.25) is 9.59 Å². The Labute approximate surface area is 144 Å². The first-order valence-corrected chi connectivity index (χ1v) is 8.00. The van der Waals surface area contributed by atoms with E-state index in [1.165, 1.54) is 11.0 Å². The zero-order chi connectivity index (χ0) is 18.1. The fourth-order valence-electron chi connectivity index (χ4n) is 2.89. The molecule has 0 bridgehead atoms. The van der Waals surface area contributed by atoms with Gasteiger partial charge in [-0.1, -0.05) is 17.7 Å². The van der Waals surface area contributed by atoms with E-state index >= 15 is 0 Å². The Bertz CT molecular complexity index is 821. The summed E-state index contributed by atoms with van der Waals surface area (Å²) in [6.07, 6.45) is 0. The number of halogens is 2. The molecule has 25 heavy (non-hydrogen) atoms. The standard InChI is InChI=1S/C19H18F2N2O2/c1-12-3-6-15(7-4-12)23-10-13(2)22(11-18(23)24)19(25)14-5-8-16(20)17(21)9-14/h3-9,13H,10-11H2,1-2H3/t13-/m1/s1. The van der Waals surface area contributed by atoms with E-state index in [1.54, 1.807) is 4.90 Å². The molecule has 6 heteroatoms. The average Bonchev–Trinajstić information content (AvgIpc) is 2.59. The number of hydrogen-bond acceptors (Lipinski definition) is 2. The lowest BCUT2D eigenvalue weighted by Crippen LogP contribution is -2.57. The van der Waals surface area contributed by atoms with E-state index in [1.807, 2.05) is 38.1 Å². The smallest absolute Gasteiger partial charge is 0.254 e. The highest BCUT2D eigenvalue weighted by Gasteiger charge is 2.33. The third kappa shape index (κ3) is 3.38. The second-order valence-electron chi connectivity index (χ2n) is 6.25. The van der Waals surface area contributed by atoms with Gasteiger partial charge in [0, 0.05) is 23.8 Å². The quantitative estimate of drug-likeness (QED) is 0.840. The Morgan fingerprint density at radius 2 is 1.76 bits per heavy atom. The van der Waals surface area contributed by atoms with E-state index < -0.39 is 17.5 Å². The maximum Gasteiger partial charge on any atom is 0.254 e. The van der Waals surface area contributed by atoms with E-state index in [0.29, 0.717) is 6.54 Å². The summed E-state index contributed by atoms with van der Waals surface area (Å²) in [6, 6.07) is 10.3. The van der Waals surface area contributed by atoms with Gasteiger partial charge in [-0.05, 0) is 44.2 Å². The third-order valence-corrected chi connectivity index (χ3v) is 4.36. The molecule has 130 valence electrons. The van der Waals surface area contributed by atoms with Crippen LogP contribution in [0.1, 0.15) is 22.8 Å². The van der Waals surface area contributed by atoms with Crippen LogP contribution in [0.4, 0.5) is 14.5 Å². The van der Waals surface area contributed by atoms with Gasteiger partial charge in [-0.25, -0.2) is 8.78 Å². The molecule has 0 saturated carbocycles. The van der Waals surface area contributed by atoms with Crippen molar-refractivity contribution < 1.29 is 18.4 Å². The molecule has 0 radical (unpaired) electrons. The Kier molecular flexibility index (Phi) is 4.53. The van der Waals surface area contributed by atoms with Crippen molar-refractivity contribution in [3.63, 3.8) is 0 Å². The van der Waals surface area contributed by atoms with Crippen LogP contribution < -0.4 is 4.90 Å². The lowest BCUT2D eigenvalue weighted by Gasteiger charge is -2.39. The third-order valence-electron chi connectivity index (χ3n) is 4.36. The number of nitrogens with zero attached hydrogens (tertiary/aromatic N) is 2. The molecule has 1 heterocycles. The molecular formula is C19H18F2N2O2. The lowest BCUT2D eigenvalue weighted by atomic mass is 10.1. The van der Waals surface area contributed by atoms with Crippen LogP contribution in [0.5, 0.6) is 0 Å². The highest BCUT2D eigenvalue weighted by molar-refractivity contribution is 6.02. The average molecular weight is 344 g/mol. The maximum atomic E-state index is 13.4. The molecule has 0 aliphatic carbocycles. The van der Waals surface area contributed by atoms with E-state index in [0.717, 1.165) is 23.4 Å². The van der Waals surface area contributed by atoms with Gasteiger partial charge < -0.3 is 9.80 Å². The van der Waals surface area contributed by atoms with Crippen LogP contribution in [-0.2, 0) is 4.79 Å². The van der Waals surface area contributed by atoms with Crippen molar-refractivity contribution in [1.82, 2.24) is 4.90 Å². The van der Waals surface area contributed by atoms with Crippen LogP contribution in [0.3, 0.4) is 0 Å². The monoisotopic (exact) mass is 344 g/mol. The number of carbonyl (C=O) groups excluding carboxylic acids is 2. The second-order valence-corrected chi connectivity index (χ2v) is 6.25. The molecule has 2 aromatic carbocycles. The summed E-state index contributed by atoms with van der Waals surface area (Å²) >= 11 is 0. The fraction of sp³-hybridized carbons (Fsp3) is 0.263. The molecule has 0 spiro atoms. The summed E-state index contributed by atoms with van der Waals surface area (Å²) < 4.78 is 26.4. The zero-order valence-electron chi connectivity index (χ0n) is 14.0. The minimum Gasteiger partial charge on any atom is -0.325 e. The minimum atomic E-state index is -1.08. The molecule has 0 unspecified atom stereocenters. The molecule has 1 aliphatic heterocycles. The van der Waals surface area contributed by atoms with Gasteiger partial charge in [0.2, 0.25) is 5.91 Å². The predicted octanol–water partition coefficient (Wildman–Crippen LogP) is 3.15. The van der Waals surface area contributed by atoms with Gasteiger partial charge in [-0.15, -0.1) is 0 Å². The number of amides is 2. The Morgan fingerprint density at radius 1 is 1.08 bits per heavy atom. The molecule has 2 amide bonds. The second kappa shape index (κ2) is 6.63. The molecule has 1 aliphatic rings. The fourth-order valence-corrected chi connectivity index (χ4v) is 2.89. The Hall–Kier alpha value is -2.76. The molecule has 4 nitrogen and oxygen atoms in total. The van der Waals surface area contributed by atoms with Gasteiger partial charge >= 0.3 is 0 Å². The highest BCUT2D eigenvalue weighted by Crippen LogP contribution is 2.22. The molecule has 0 aromatic heterocycles. The summed E-state index contributed by atoms with van der Waals surface area (Å²) in [7, 11) is 0. The van der Waals surface area contributed by atoms with Crippen LogP contribution in [0.25, 0.3) is 0 Å². The number of rotatable bonds is 2. The van der Waals surface area contributed by atoms with Gasteiger partial charge in [0.1, 0.15) is 6.54 Å². The molecule has 2 aromatic rings. The van der Waals surface area contributed by atoms with Gasteiger partial charge in [0.15, 0.2) is 11.6 Å². The molecular weight excluding hydrogens is 326 g/mol. The van der Waals surface area contributed by atoms with Crippen molar-refractivity contribution >= 4 is 17.5 Å². The van der Waals surface area contributed by atoms with Gasteiger partial charge in [0.25, 0.3) is 5.91 Å². The summed E-state index contributed by atoms with van der Waals surface area (Å²) in [5.74, 6) is -2.78. The highest BCUT2D eigenvalue weighted by atomic mass is 19.2. The van der Waals surface area contributed by atoms with E-state index in [4.69, 9.17) is 0 Å². The number of anilines is 1. The molecule has 1 saturated heterocycles. The van der Waals surface area contributed by atoms with E-state index in [2.05, 4.69) is 0 Å². The van der Waals surface area contributed by atoms with Crippen molar-refractivity contribution in [1.29, 1.82) is 0 Å². The topological polar surface area (TPSA) is 40.6 Å². The van der Waals surface area contributed by atoms with Crippen LogP contribution in [0.15, 0.2) is 42.5 Å². The SMILES string of the molecule is Cc1ccc(N2C[C@@H](C)N(C(=O)c3ccc(F)c(F)c3)CC2=O)cc1. The number of benzene rings is 2. The lowest BCUT2D eigenvalue weighted by molar-refractivity contribution is -0.121. The first-order valence-electron chi connectivity index (χ1n) is 8.00. The Morgan fingerprint density at radius 3 is 2.40 bits per heavy atom. The van der Waals surface area contributed by atoms with Crippen LogP contribution in [0, 0.1) is 18.6 Å². The summed E-state index contributed by atoms with van der Waals surface area (Å²) in [5, 5.41) is 0. The van der Waals surface area contributed by atoms with E-state index in [-0.39, 0.29) is 24.1 Å². The summed E-state index contributed by atoms with van der Waals surface area (Å²) in [4.78, 5) is 28.1. The first-order chi connectivity index (χ1) is 11.9. The predicted molar refractivity (Wildman–Crippen MR) is 90.4 cm³/mol. The molecule has 0 N–H and O–H groups in total. The van der Waals surface area contributed by atoms with Crippen molar-refractivity contribution in [3.8, 4) is 0 Å². The zero-order valence-corrected chi connectivity index (χ0v) is 14.0. The summed E-state index contributed by atoms with van der Waals surface area (Å²) in [5.41, 5.74) is 1.90. The largest absolute Gasteiger partial charge is 0.325 e. The van der Waals surface area contributed by atoms with Gasteiger partial charge in [0.05, 0.1) is 0 Å². The number of carbonyl (C=O) groups is 2. The van der Waals surface area contributed by atoms with Gasteiger partial charge in [-0.2, -0.15) is 0 Å². The van der Waals surface area contributed by atoms with Crippen LogP contribution >= 0.6 is 0 Å². The first kappa shape index (κ1) is 17.1. The van der Waals surface area contributed by atoms with Crippen LogP contribution in [0.2, 0.25) is 0 Å². The number of aryl methyl sites for hydroxylation is 1. The molecule has 3 rings (SSSR count). The van der Waals surface area contributed by atoms with Crippen molar-refractivity contribution in [2.24, 2.45) is 0 Å². The normalized spacial score (nSPS) is 17.8. The minimum absolute atomic E-state index is 0.0299. The number of piperazine rings is 1.